The van der Waals surface area contributed by atoms with E-state index >= 15 is 0 Å². The van der Waals surface area contributed by atoms with Crippen molar-refractivity contribution in [3.05, 3.63) is 28.2 Å². The summed E-state index contributed by atoms with van der Waals surface area (Å²) in [6.45, 7) is 8.84. The maximum absolute atomic E-state index is 11.0. The van der Waals surface area contributed by atoms with Gasteiger partial charge in [0.25, 0.3) is 0 Å². The molecule has 2 bridgehead atoms. The number of phenols is 1. The van der Waals surface area contributed by atoms with E-state index in [-0.39, 0.29) is 11.5 Å². The number of benzene rings is 1. The van der Waals surface area contributed by atoms with Gasteiger partial charge in [-0.1, -0.05) is 29.8 Å². The van der Waals surface area contributed by atoms with Crippen LogP contribution in [-0.2, 0) is 6.54 Å². The summed E-state index contributed by atoms with van der Waals surface area (Å²) in [4.78, 5) is 0. The quantitative estimate of drug-likeness (QED) is 0.558. The molecule has 3 saturated carbocycles. The fraction of sp³-hybridized carbons (Fsp3) is 0.684. The lowest BCUT2D eigenvalue weighted by Gasteiger charge is -2.65. The first-order valence-electron chi connectivity index (χ1n) is 8.86. The van der Waals surface area contributed by atoms with Gasteiger partial charge in [0.1, 0.15) is 5.75 Å². The lowest BCUT2D eigenvalue weighted by molar-refractivity contribution is -0.209. The van der Waals surface area contributed by atoms with Crippen molar-refractivity contribution in [1.29, 1.82) is 0 Å². The number of hydrogen-bond acceptors (Lipinski definition) is 4. The monoisotopic (exact) mass is 396 g/mol. The maximum Gasteiger partial charge on any atom is 0.120 e. The highest BCUT2D eigenvalue weighted by molar-refractivity contribution is 9.10. The van der Waals surface area contributed by atoms with Crippen molar-refractivity contribution in [1.82, 2.24) is 10.6 Å². The molecule has 5 heteroatoms. The van der Waals surface area contributed by atoms with Crippen LogP contribution in [0, 0.1) is 17.3 Å². The number of hydrogen-bond donors (Lipinski definition) is 4. The minimum atomic E-state index is -0.624. The molecule has 1 aromatic carbocycles. The van der Waals surface area contributed by atoms with Gasteiger partial charge in [-0.2, -0.15) is 0 Å². The number of fused-ring (bicyclic) bond motifs is 2. The molecular formula is C19H29BrN2O2. The van der Waals surface area contributed by atoms with Gasteiger partial charge in [-0.15, -0.1) is 0 Å². The van der Waals surface area contributed by atoms with E-state index < -0.39 is 5.60 Å². The predicted molar refractivity (Wildman–Crippen MR) is 99.9 cm³/mol. The molecule has 4 atom stereocenters. The third kappa shape index (κ3) is 3.24. The zero-order valence-electron chi connectivity index (χ0n) is 14.8. The largest absolute Gasteiger partial charge is 0.508 e. The van der Waals surface area contributed by atoms with Gasteiger partial charge in [-0.25, -0.2) is 0 Å². The molecule has 4 nitrogen and oxygen atoms in total. The standard InChI is InChI=1S/C19H29BrN2O2/c1-18(2)13-9-16(18)19(3,24)17(10-13)22-7-6-21-11-12-8-14(20)4-5-15(12)23/h4-5,8,13,16-17,21-24H,6-7,9-11H2,1-3H3/t13-,16-,17-,19-/m1/s1. The topological polar surface area (TPSA) is 64.5 Å². The summed E-state index contributed by atoms with van der Waals surface area (Å²) in [6.07, 6.45) is 2.22. The van der Waals surface area contributed by atoms with Crippen molar-refractivity contribution in [3.8, 4) is 5.75 Å². The molecule has 24 heavy (non-hydrogen) atoms. The highest BCUT2D eigenvalue weighted by atomic mass is 79.9. The second kappa shape index (κ2) is 6.60. The van der Waals surface area contributed by atoms with Crippen molar-refractivity contribution in [2.75, 3.05) is 13.1 Å². The van der Waals surface area contributed by atoms with Crippen molar-refractivity contribution in [3.63, 3.8) is 0 Å². The molecule has 3 aliphatic rings. The van der Waals surface area contributed by atoms with Crippen molar-refractivity contribution in [2.24, 2.45) is 17.3 Å². The summed E-state index contributed by atoms with van der Waals surface area (Å²) >= 11 is 3.42. The van der Waals surface area contributed by atoms with Gasteiger partial charge < -0.3 is 20.8 Å². The minimum absolute atomic E-state index is 0.176. The Bertz CT molecular complexity index is 603. The van der Waals surface area contributed by atoms with E-state index in [0.29, 0.717) is 18.2 Å². The Morgan fingerprint density at radius 1 is 1.21 bits per heavy atom. The van der Waals surface area contributed by atoms with Crippen LogP contribution in [-0.4, -0.2) is 34.9 Å². The fourth-order valence-electron chi connectivity index (χ4n) is 4.72. The third-order valence-electron chi connectivity index (χ3n) is 6.45. The highest BCUT2D eigenvalue weighted by Crippen LogP contribution is 2.62. The molecule has 0 radical (unpaired) electrons. The molecule has 0 aromatic heterocycles. The second-order valence-corrected chi connectivity index (χ2v) is 9.14. The third-order valence-corrected chi connectivity index (χ3v) is 6.94. The molecule has 134 valence electrons. The lowest BCUT2D eigenvalue weighted by Crippen LogP contribution is -2.69. The number of aromatic hydroxyl groups is 1. The SMILES string of the molecule is CC1(C)[C@@H]2C[C@H]1[C@@](C)(O)[C@H](NCCNCc1cc(Br)ccc1O)C2. The van der Waals surface area contributed by atoms with Crippen molar-refractivity contribution < 1.29 is 10.2 Å². The Hall–Kier alpha value is -0.620. The van der Waals surface area contributed by atoms with Crippen LogP contribution in [0.1, 0.15) is 39.2 Å². The van der Waals surface area contributed by atoms with Gasteiger partial charge in [0, 0.05) is 35.7 Å². The van der Waals surface area contributed by atoms with Gasteiger partial charge in [-0.05, 0) is 55.2 Å². The molecule has 0 saturated heterocycles. The summed E-state index contributed by atoms with van der Waals surface area (Å²) in [5.74, 6) is 1.44. The zero-order chi connectivity index (χ0) is 17.5. The molecule has 0 heterocycles. The van der Waals surface area contributed by atoms with Gasteiger partial charge >= 0.3 is 0 Å². The van der Waals surface area contributed by atoms with Crippen molar-refractivity contribution >= 4 is 15.9 Å². The summed E-state index contributed by atoms with van der Waals surface area (Å²) in [6, 6.07) is 5.64. The lowest BCUT2D eigenvalue weighted by atomic mass is 9.43. The second-order valence-electron chi connectivity index (χ2n) is 8.22. The Balaban J connectivity index is 1.44. The van der Waals surface area contributed by atoms with Gasteiger partial charge in [0.2, 0.25) is 0 Å². The van der Waals surface area contributed by atoms with Crippen LogP contribution in [0.5, 0.6) is 5.75 Å². The van der Waals surface area contributed by atoms with E-state index in [1.807, 2.05) is 19.1 Å². The van der Waals surface area contributed by atoms with Crippen LogP contribution >= 0.6 is 15.9 Å². The average molecular weight is 397 g/mol. The summed E-state index contributed by atoms with van der Waals surface area (Å²) < 4.78 is 0.968. The molecule has 0 spiro atoms. The summed E-state index contributed by atoms with van der Waals surface area (Å²) in [5, 5.41) is 27.7. The predicted octanol–water partition coefficient (Wildman–Crippen LogP) is 3.02. The van der Waals surface area contributed by atoms with Crippen LogP contribution < -0.4 is 10.6 Å². The highest BCUT2D eigenvalue weighted by Gasteiger charge is 2.62. The number of aliphatic hydroxyl groups is 1. The summed E-state index contributed by atoms with van der Waals surface area (Å²) in [7, 11) is 0. The Kier molecular flexibility index (Phi) is 5.00. The fourth-order valence-corrected chi connectivity index (χ4v) is 5.13. The van der Waals surface area contributed by atoms with Crippen molar-refractivity contribution in [2.45, 2.75) is 51.8 Å². The molecule has 1 aromatic rings. The molecule has 4 rings (SSSR count). The number of phenolic OH excluding ortho intramolecular Hbond substituents is 1. The average Bonchev–Trinajstić information content (AvgIpc) is 2.50. The maximum atomic E-state index is 11.0. The van der Waals surface area contributed by atoms with Crippen LogP contribution in [0.15, 0.2) is 22.7 Å². The summed E-state index contributed by atoms with van der Waals surface area (Å²) in [5.41, 5.74) is 0.538. The van der Waals surface area contributed by atoms with E-state index in [1.165, 1.54) is 6.42 Å². The van der Waals surface area contributed by atoms with Gasteiger partial charge in [-0.3, -0.25) is 0 Å². The zero-order valence-corrected chi connectivity index (χ0v) is 16.4. The van der Waals surface area contributed by atoms with E-state index in [4.69, 9.17) is 0 Å². The van der Waals surface area contributed by atoms with E-state index in [9.17, 15) is 10.2 Å². The number of halogens is 1. The number of nitrogens with one attached hydrogen (secondary N) is 2. The Morgan fingerprint density at radius 3 is 2.62 bits per heavy atom. The molecule has 0 aliphatic heterocycles. The van der Waals surface area contributed by atoms with Crippen LogP contribution in [0.4, 0.5) is 0 Å². The van der Waals surface area contributed by atoms with Crippen LogP contribution in [0.25, 0.3) is 0 Å². The van der Waals surface area contributed by atoms with E-state index in [0.717, 1.165) is 35.5 Å². The number of rotatable bonds is 6. The molecule has 0 unspecified atom stereocenters. The normalized spacial score (nSPS) is 34.0. The molecule has 0 amide bonds. The van der Waals surface area contributed by atoms with Gasteiger partial charge in [0.15, 0.2) is 0 Å². The molecular weight excluding hydrogens is 368 g/mol. The Labute approximate surface area is 153 Å². The van der Waals surface area contributed by atoms with Gasteiger partial charge in [0.05, 0.1) is 5.60 Å². The molecule has 3 fully saturated rings. The smallest absolute Gasteiger partial charge is 0.120 e. The Morgan fingerprint density at radius 2 is 1.96 bits per heavy atom. The molecule has 3 aliphatic carbocycles. The first kappa shape index (κ1) is 18.2. The minimum Gasteiger partial charge on any atom is -0.508 e. The van der Waals surface area contributed by atoms with E-state index in [2.05, 4.69) is 40.4 Å². The molecule has 4 N–H and O–H groups in total. The van der Waals surface area contributed by atoms with Crippen LogP contribution in [0.2, 0.25) is 0 Å². The van der Waals surface area contributed by atoms with E-state index in [1.54, 1.807) is 6.07 Å². The van der Waals surface area contributed by atoms with Crippen LogP contribution in [0.3, 0.4) is 0 Å². The first-order chi connectivity index (χ1) is 11.2. The first-order valence-corrected chi connectivity index (χ1v) is 9.66.